The summed E-state index contributed by atoms with van der Waals surface area (Å²) in [6, 6.07) is 10.4. The molecule has 0 bridgehead atoms. The van der Waals surface area contributed by atoms with E-state index in [2.05, 4.69) is 15.2 Å². The number of nitrogens with zero attached hydrogens (tertiary/aromatic N) is 2. The van der Waals surface area contributed by atoms with E-state index in [0.717, 1.165) is 11.5 Å². The average Bonchev–Trinajstić information content (AvgIpc) is 3.07. The first-order valence-electron chi connectivity index (χ1n) is 7.33. The lowest BCUT2D eigenvalue weighted by Gasteiger charge is -2.11. The molecule has 0 amide bonds. The van der Waals surface area contributed by atoms with E-state index >= 15 is 0 Å². The maximum Gasteiger partial charge on any atom is 0.221 e. The van der Waals surface area contributed by atoms with Crippen LogP contribution in [0.15, 0.2) is 54.9 Å². The van der Waals surface area contributed by atoms with Gasteiger partial charge in [0.05, 0.1) is 17.3 Å². The molecule has 7 heteroatoms. The predicted octanol–water partition coefficient (Wildman–Crippen LogP) is 5.35. The number of aromatic amines is 1. The molecule has 1 N–H and O–H groups in total. The summed E-state index contributed by atoms with van der Waals surface area (Å²) < 4.78 is 34.6. The monoisotopic (exact) mass is 357 g/mol. The fourth-order valence-corrected chi connectivity index (χ4v) is 2.74. The summed E-state index contributed by atoms with van der Waals surface area (Å²) in [6.07, 6.45) is 3.16. The molecule has 4 nitrogen and oxygen atoms in total. The summed E-state index contributed by atoms with van der Waals surface area (Å²) in [6.45, 7) is 0. The van der Waals surface area contributed by atoms with E-state index in [1.165, 1.54) is 6.07 Å². The van der Waals surface area contributed by atoms with Crippen LogP contribution >= 0.6 is 11.6 Å². The molecular formula is C18H10ClF2N3O. The third-order valence-corrected chi connectivity index (χ3v) is 4.04. The number of H-pyrrole nitrogens is 1. The molecule has 2 aromatic heterocycles. The summed E-state index contributed by atoms with van der Waals surface area (Å²) in [5.41, 5.74) is 0.700. The molecule has 2 heterocycles. The van der Waals surface area contributed by atoms with E-state index in [1.807, 2.05) is 0 Å². The maximum absolute atomic E-state index is 14.9. The Labute approximate surface area is 146 Å². The van der Waals surface area contributed by atoms with Crippen LogP contribution in [0, 0.1) is 11.6 Å². The molecule has 0 aliphatic rings. The van der Waals surface area contributed by atoms with Crippen molar-refractivity contribution in [2.24, 2.45) is 0 Å². The summed E-state index contributed by atoms with van der Waals surface area (Å²) in [4.78, 5) is 4.09. The number of nitrogens with one attached hydrogen (secondary N) is 1. The van der Waals surface area contributed by atoms with Crippen molar-refractivity contribution in [2.45, 2.75) is 0 Å². The topological polar surface area (TPSA) is 50.8 Å². The Balaban J connectivity index is 1.78. The molecule has 4 rings (SSSR count). The van der Waals surface area contributed by atoms with E-state index in [-0.39, 0.29) is 27.8 Å². The lowest BCUT2D eigenvalue weighted by atomic mass is 10.0. The van der Waals surface area contributed by atoms with Crippen LogP contribution in [0.25, 0.3) is 22.0 Å². The second-order valence-electron chi connectivity index (χ2n) is 5.30. The van der Waals surface area contributed by atoms with Crippen LogP contribution in [-0.4, -0.2) is 15.2 Å². The van der Waals surface area contributed by atoms with Crippen LogP contribution < -0.4 is 4.74 Å². The highest BCUT2D eigenvalue weighted by Gasteiger charge is 2.19. The predicted molar refractivity (Wildman–Crippen MR) is 90.8 cm³/mol. The lowest BCUT2D eigenvalue weighted by Crippen LogP contribution is -1.96. The number of aromatic nitrogens is 3. The minimum Gasteiger partial charge on any atom is -0.436 e. The van der Waals surface area contributed by atoms with Crippen LogP contribution in [0.1, 0.15) is 0 Å². The van der Waals surface area contributed by atoms with Gasteiger partial charge in [-0.05, 0) is 18.2 Å². The zero-order valence-corrected chi connectivity index (χ0v) is 13.4. The van der Waals surface area contributed by atoms with Crippen LogP contribution in [0.5, 0.6) is 11.6 Å². The zero-order chi connectivity index (χ0) is 17.4. The summed E-state index contributed by atoms with van der Waals surface area (Å²) in [5, 5.41) is 7.70. The highest BCUT2D eigenvalue weighted by molar-refractivity contribution is 6.33. The fourth-order valence-electron chi connectivity index (χ4n) is 2.51. The lowest BCUT2D eigenvalue weighted by molar-refractivity contribution is 0.426. The van der Waals surface area contributed by atoms with Crippen LogP contribution in [0.2, 0.25) is 5.02 Å². The van der Waals surface area contributed by atoms with Gasteiger partial charge in [0.1, 0.15) is 5.82 Å². The van der Waals surface area contributed by atoms with Gasteiger partial charge in [-0.1, -0.05) is 29.8 Å². The molecule has 0 aliphatic carbocycles. The van der Waals surface area contributed by atoms with Crippen molar-refractivity contribution in [2.75, 3.05) is 0 Å². The van der Waals surface area contributed by atoms with Gasteiger partial charge in [0.2, 0.25) is 5.88 Å². The number of hydrogen-bond acceptors (Lipinski definition) is 3. The first kappa shape index (κ1) is 15.5. The number of ether oxygens (including phenoxy) is 1. The van der Waals surface area contributed by atoms with Crippen molar-refractivity contribution >= 4 is 22.5 Å². The third-order valence-electron chi connectivity index (χ3n) is 3.71. The Kier molecular flexibility index (Phi) is 3.82. The van der Waals surface area contributed by atoms with Crippen molar-refractivity contribution in [3.8, 4) is 22.8 Å². The van der Waals surface area contributed by atoms with Crippen molar-refractivity contribution in [1.82, 2.24) is 15.2 Å². The first-order chi connectivity index (χ1) is 12.1. The van der Waals surface area contributed by atoms with Crippen LogP contribution in [-0.2, 0) is 0 Å². The molecule has 0 aliphatic heterocycles. The SMILES string of the molecule is Fc1ccc(Oc2cc3[nH]ncc3cn2)c(F)c1-c1ccccc1Cl. The third kappa shape index (κ3) is 2.81. The average molecular weight is 358 g/mol. The summed E-state index contributed by atoms with van der Waals surface area (Å²) >= 11 is 6.07. The van der Waals surface area contributed by atoms with Crippen LogP contribution in [0.3, 0.4) is 0 Å². The van der Waals surface area contributed by atoms with Crippen LogP contribution in [0.4, 0.5) is 8.78 Å². The van der Waals surface area contributed by atoms with Gasteiger partial charge in [0.15, 0.2) is 11.6 Å². The Hall–Kier alpha value is -2.99. The number of hydrogen-bond donors (Lipinski definition) is 1. The van der Waals surface area contributed by atoms with Gasteiger partial charge in [-0.15, -0.1) is 0 Å². The van der Waals surface area contributed by atoms with E-state index < -0.39 is 11.6 Å². The molecule has 2 aromatic carbocycles. The minimum absolute atomic E-state index is 0.150. The number of pyridine rings is 1. The van der Waals surface area contributed by atoms with Gasteiger partial charge in [-0.25, -0.2) is 13.8 Å². The molecular weight excluding hydrogens is 348 g/mol. The smallest absolute Gasteiger partial charge is 0.221 e. The molecule has 0 radical (unpaired) electrons. The molecule has 0 fully saturated rings. The van der Waals surface area contributed by atoms with E-state index in [0.29, 0.717) is 5.52 Å². The highest BCUT2D eigenvalue weighted by Crippen LogP contribution is 2.37. The molecule has 0 saturated heterocycles. The standard InChI is InChI=1S/C18H10ClF2N3O/c19-12-4-2-1-3-11(12)17-13(20)5-6-15(18(17)21)25-16-7-14-10(8-22-16)9-23-24-14/h1-9H,(H,23,24). The Morgan fingerprint density at radius 2 is 1.88 bits per heavy atom. The van der Waals surface area contributed by atoms with Crippen molar-refractivity contribution in [3.05, 3.63) is 71.5 Å². The largest absolute Gasteiger partial charge is 0.436 e. The van der Waals surface area contributed by atoms with Gasteiger partial charge in [-0.2, -0.15) is 5.10 Å². The molecule has 0 unspecified atom stereocenters. The van der Waals surface area contributed by atoms with Gasteiger partial charge in [0, 0.05) is 28.2 Å². The van der Waals surface area contributed by atoms with Gasteiger partial charge in [0.25, 0.3) is 0 Å². The van der Waals surface area contributed by atoms with E-state index in [9.17, 15) is 8.78 Å². The van der Waals surface area contributed by atoms with Gasteiger partial charge >= 0.3 is 0 Å². The summed E-state index contributed by atoms with van der Waals surface area (Å²) in [7, 11) is 0. The molecule has 4 aromatic rings. The second-order valence-corrected chi connectivity index (χ2v) is 5.70. The minimum atomic E-state index is -0.848. The van der Waals surface area contributed by atoms with Gasteiger partial charge in [-0.3, -0.25) is 5.10 Å². The quantitative estimate of drug-likeness (QED) is 0.537. The van der Waals surface area contributed by atoms with Crippen molar-refractivity contribution in [3.63, 3.8) is 0 Å². The fraction of sp³-hybridized carbons (Fsp3) is 0. The number of rotatable bonds is 3. The Morgan fingerprint density at radius 3 is 2.72 bits per heavy atom. The number of halogens is 3. The summed E-state index contributed by atoms with van der Waals surface area (Å²) in [5.74, 6) is -1.57. The maximum atomic E-state index is 14.9. The number of fused-ring (bicyclic) bond motifs is 1. The highest BCUT2D eigenvalue weighted by atomic mass is 35.5. The Bertz CT molecular complexity index is 1080. The van der Waals surface area contributed by atoms with Crippen molar-refractivity contribution < 1.29 is 13.5 Å². The zero-order valence-electron chi connectivity index (χ0n) is 12.6. The molecule has 0 atom stereocenters. The normalized spacial score (nSPS) is 11.0. The van der Waals surface area contributed by atoms with Crippen molar-refractivity contribution in [1.29, 1.82) is 0 Å². The molecule has 124 valence electrons. The van der Waals surface area contributed by atoms with Gasteiger partial charge < -0.3 is 4.74 Å². The Morgan fingerprint density at radius 1 is 1.04 bits per heavy atom. The first-order valence-corrected chi connectivity index (χ1v) is 7.71. The molecule has 0 saturated carbocycles. The number of benzene rings is 2. The molecule has 0 spiro atoms. The van der Waals surface area contributed by atoms with E-state index in [4.69, 9.17) is 16.3 Å². The second kappa shape index (κ2) is 6.14. The van der Waals surface area contributed by atoms with E-state index in [1.54, 1.807) is 42.7 Å². The molecule has 25 heavy (non-hydrogen) atoms.